The number of allylic oxidation sites excluding steroid dienone is 4. The lowest BCUT2D eigenvalue weighted by Crippen LogP contribution is -2.12. The molecule has 0 nitrogen and oxygen atoms in total. The third-order valence-corrected chi connectivity index (χ3v) is 6.56. The Labute approximate surface area is 157 Å². The van der Waals surface area contributed by atoms with Crippen molar-refractivity contribution in [2.24, 2.45) is 23.7 Å². The molecule has 0 saturated heterocycles. The fourth-order valence-electron chi connectivity index (χ4n) is 4.61. The summed E-state index contributed by atoms with van der Waals surface area (Å²) >= 11 is 0. The van der Waals surface area contributed by atoms with Gasteiger partial charge in [0.1, 0.15) is 0 Å². The second-order valence-corrected chi connectivity index (χ2v) is 8.47. The topological polar surface area (TPSA) is 0 Å². The van der Waals surface area contributed by atoms with E-state index < -0.39 is 0 Å². The fourth-order valence-corrected chi connectivity index (χ4v) is 4.61. The van der Waals surface area contributed by atoms with Gasteiger partial charge >= 0.3 is 0 Å². The van der Waals surface area contributed by atoms with E-state index in [2.05, 4.69) is 50.0 Å². The van der Waals surface area contributed by atoms with Gasteiger partial charge in [0.05, 0.1) is 0 Å². The van der Waals surface area contributed by atoms with Crippen molar-refractivity contribution in [2.75, 3.05) is 0 Å². The van der Waals surface area contributed by atoms with E-state index in [1.807, 2.05) is 0 Å². The van der Waals surface area contributed by atoms with Gasteiger partial charge in [-0.1, -0.05) is 69.9 Å². The molecule has 0 aliphatic heterocycles. The van der Waals surface area contributed by atoms with Gasteiger partial charge in [-0.2, -0.15) is 0 Å². The summed E-state index contributed by atoms with van der Waals surface area (Å²) in [5.74, 6) is 10.0. The van der Waals surface area contributed by atoms with Crippen LogP contribution in [0.15, 0.2) is 24.3 Å². The van der Waals surface area contributed by atoms with Gasteiger partial charge in [-0.25, -0.2) is 0 Å². The Kier molecular flexibility index (Phi) is 10.1. The summed E-state index contributed by atoms with van der Waals surface area (Å²) in [4.78, 5) is 0. The highest BCUT2D eigenvalue weighted by atomic mass is 14.2. The molecule has 25 heavy (non-hydrogen) atoms. The van der Waals surface area contributed by atoms with E-state index in [0.29, 0.717) is 0 Å². The Bertz CT molecular complexity index is 442. The molecule has 0 radical (unpaired) electrons. The average Bonchev–Trinajstić information content (AvgIpc) is 2.66. The molecule has 2 aliphatic carbocycles. The molecule has 2 rings (SSSR count). The average molecular weight is 341 g/mol. The largest absolute Gasteiger partial charge is 0.0730 e. The quantitative estimate of drug-likeness (QED) is 0.329. The number of hydrogen-bond acceptors (Lipinski definition) is 0. The summed E-state index contributed by atoms with van der Waals surface area (Å²) < 4.78 is 0. The molecule has 0 aromatic carbocycles. The standard InChI is InChI=1S/C25H40/c1-3-5-8-11-23-18-20-25(21-19-23)13-10-7-6-9-12-24-16-14-22(4-2)15-17-24/h9-10,12-13,22-25H,3-5,8,11,14-21H2,1-2H3. The van der Waals surface area contributed by atoms with Crippen LogP contribution in [0.4, 0.5) is 0 Å². The molecule has 0 atom stereocenters. The van der Waals surface area contributed by atoms with Crippen molar-refractivity contribution in [3.63, 3.8) is 0 Å². The maximum atomic E-state index is 3.23. The first-order valence-electron chi connectivity index (χ1n) is 11.2. The number of rotatable bonds is 7. The Morgan fingerprint density at radius 2 is 1.20 bits per heavy atom. The predicted octanol–water partition coefficient (Wildman–Crippen LogP) is 7.71. The highest BCUT2D eigenvalue weighted by Gasteiger charge is 2.19. The highest BCUT2D eigenvalue weighted by Crippen LogP contribution is 2.33. The van der Waals surface area contributed by atoms with E-state index in [9.17, 15) is 0 Å². The van der Waals surface area contributed by atoms with Gasteiger partial charge in [0.2, 0.25) is 0 Å². The van der Waals surface area contributed by atoms with E-state index >= 15 is 0 Å². The Morgan fingerprint density at radius 3 is 1.68 bits per heavy atom. The first-order chi connectivity index (χ1) is 12.3. The maximum absolute atomic E-state index is 3.23. The van der Waals surface area contributed by atoms with Gasteiger partial charge < -0.3 is 0 Å². The summed E-state index contributed by atoms with van der Waals surface area (Å²) in [6.45, 7) is 4.63. The first-order valence-corrected chi connectivity index (χ1v) is 11.2. The molecule has 2 aliphatic rings. The first kappa shape index (κ1) is 20.4. The van der Waals surface area contributed by atoms with Gasteiger partial charge in [0.25, 0.3) is 0 Å². The predicted molar refractivity (Wildman–Crippen MR) is 111 cm³/mol. The zero-order valence-corrected chi connectivity index (χ0v) is 16.8. The van der Waals surface area contributed by atoms with Crippen LogP contribution in [0, 0.1) is 35.5 Å². The van der Waals surface area contributed by atoms with Gasteiger partial charge in [0.15, 0.2) is 0 Å². The summed E-state index contributed by atoms with van der Waals surface area (Å²) in [5.41, 5.74) is 0. The molecule has 0 spiro atoms. The van der Waals surface area contributed by atoms with Gasteiger partial charge in [-0.05, 0) is 87.2 Å². The summed E-state index contributed by atoms with van der Waals surface area (Å²) in [5, 5.41) is 0. The van der Waals surface area contributed by atoms with Crippen LogP contribution in [0.5, 0.6) is 0 Å². The van der Waals surface area contributed by atoms with E-state index in [1.54, 1.807) is 0 Å². The van der Waals surface area contributed by atoms with Crippen LogP contribution in [-0.2, 0) is 0 Å². The Morgan fingerprint density at radius 1 is 0.680 bits per heavy atom. The second-order valence-electron chi connectivity index (χ2n) is 8.47. The minimum absolute atomic E-state index is 0.782. The molecule has 2 saturated carbocycles. The molecule has 0 N–H and O–H groups in total. The van der Waals surface area contributed by atoms with Crippen LogP contribution in [0.1, 0.15) is 97.3 Å². The van der Waals surface area contributed by atoms with Crippen molar-refractivity contribution >= 4 is 0 Å². The molecule has 140 valence electrons. The molecule has 0 bridgehead atoms. The van der Waals surface area contributed by atoms with Crippen molar-refractivity contribution in [1.82, 2.24) is 0 Å². The van der Waals surface area contributed by atoms with E-state index in [4.69, 9.17) is 0 Å². The van der Waals surface area contributed by atoms with E-state index in [1.165, 1.54) is 83.5 Å². The Balaban J connectivity index is 1.59. The summed E-state index contributed by atoms with van der Waals surface area (Å²) in [6.07, 6.45) is 27.2. The van der Waals surface area contributed by atoms with Gasteiger partial charge in [0, 0.05) is 0 Å². The summed E-state index contributed by atoms with van der Waals surface area (Å²) in [7, 11) is 0. The van der Waals surface area contributed by atoms with E-state index in [0.717, 1.165) is 23.7 Å². The molecule has 0 amide bonds. The van der Waals surface area contributed by atoms with Crippen LogP contribution in [0.25, 0.3) is 0 Å². The molecular formula is C25H40. The van der Waals surface area contributed by atoms with Crippen LogP contribution >= 0.6 is 0 Å². The van der Waals surface area contributed by atoms with Crippen molar-refractivity contribution < 1.29 is 0 Å². The van der Waals surface area contributed by atoms with Crippen molar-refractivity contribution in [3.8, 4) is 11.8 Å². The van der Waals surface area contributed by atoms with Crippen LogP contribution in [0.2, 0.25) is 0 Å². The number of hydrogen-bond donors (Lipinski definition) is 0. The van der Waals surface area contributed by atoms with Crippen LogP contribution in [0.3, 0.4) is 0 Å². The SMILES string of the molecule is CCCCCC1CCC(C=CC#CC=CC2CCC(CC)CC2)CC1. The normalized spacial score (nSPS) is 30.5. The molecule has 2 fully saturated rings. The lowest BCUT2D eigenvalue weighted by molar-refractivity contribution is 0.289. The third kappa shape index (κ3) is 8.31. The molecule has 0 aromatic heterocycles. The zero-order chi connectivity index (χ0) is 17.7. The van der Waals surface area contributed by atoms with Crippen LogP contribution < -0.4 is 0 Å². The summed E-state index contributed by atoms with van der Waals surface area (Å²) in [6, 6.07) is 0. The van der Waals surface area contributed by atoms with Crippen molar-refractivity contribution in [2.45, 2.75) is 97.3 Å². The van der Waals surface area contributed by atoms with Gasteiger partial charge in [-0.3, -0.25) is 0 Å². The highest BCUT2D eigenvalue weighted by molar-refractivity contribution is 5.24. The minimum Gasteiger partial charge on any atom is -0.0730 e. The molecule has 0 heteroatoms. The van der Waals surface area contributed by atoms with Crippen molar-refractivity contribution in [3.05, 3.63) is 24.3 Å². The molecule has 0 aromatic rings. The second kappa shape index (κ2) is 12.4. The van der Waals surface area contributed by atoms with Crippen LogP contribution in [-0.4, -0.2) is 0 Å². The lowest BCUT2D eigenvalue weighted by atomic mass is 9.79. The zero-order valence-electron chi connectivity index (χ0n) is 16.8. The van der Waals surface area contributed by atoms with E-state index in [-0.39, 0.29) is 0 Å². The lowest BCUT2D eigenvalue weighted by Gasteiger charge is -2.26. The molecular weight excluding hydrogens is 300 g/mol. The minimum atomic E-state index is 0.782. The molecule has 0 unspecified atom stereocenters. The monoisotopic (exact) mass is 340 g/mol. The third-order valence-electron chi connectivity index (χ3n) is 6.56. The number of unbranched alkanes of at least 4 members (excludes halogenated alkanes) is 2. The smallest absolute Gasteiger partial charge is 0.0153 e. The maximum Gasteiger partial charge on any atom is -0.0153 e. The van der Waals surface area contributed by atoms with Crippen molar-refractivity contribution in [1.29, 1.82) is 0 Å². The fraction of sp³-hybridized carbons (Fsp3) is 0.760. The Hall–Kier alpha value is -0.960. The molecule has 0 heterocycles. The van der Waals surface area contributed by atoms with Gasteiger partial charge in [-0.15, -0.1) is 0 Å².